The van der Waals surface area contributed by atoms with Crippen molar-refractivity contribution in [3.8, 4) is 0 Å². The Morgan fingerprint density at radius 3 is 2.80 bits per heavy atom. The number of urea groups is 1. The molecule has 0 aromatic heterocycles. The lowest BCUT2D eigenvalue weighted by Crippen LogP contribution is -2.40. The Bertz CT molecular complexity index is 245. The van der Waals surface area contributed by atoms with Gasteiger partial charge in [0.25, 0.3) is 0 Å². The third-order valence-corrected chi connectivity index (χ3v) is 2.36. The minimum absolute atomic E-state index is 0.0785. The van der Waals surface area contributed by atoms with Gasteiger partial charge in [-0.2, -0.15) is 0 Å². The van der Waals surface area contributed by atoms with Crippen molar-refractivity contribution in [1.82, 2.24) is 10.2 Å². The van der Waals surface area contributed by atoms with Crippen molar-refractivity contribution in [2.75, 3.05) is 19.6 Å². The molecule has 0 saturated carbocycles. The van der Waals surface area contributed by atoms with Crippen molar-refractivity contribution in [3.05, 3.63) is 0 Å². The number of carboxylic acids is 1. The highest BCUT2D eigenvalue weighted by molar-refractivity contribution is 5.74. The third kappa shape index (κ3) is 4.16. The van der Waals surface area contributed by atoms with E-state index < -0.39 is 5.97 Å². The maximum Gasteiger partial charge on any atom is 0.317 e. The monoisotopic (exact) mass is 215 g/mol. The van der Waals surface area contributed by atoms with Crippen LogP contribution in [0.1, 0.15) is 19.3 Å². The molecule has 1 atom stereocenters. The summed E-state index contributed by atoms with van der Waals surface area (Å²) in [5, 5.41) is 11.1. The third-order valence-electron chi connectivity index (χ3n) is 2.36. The van der Waals surface area contributed by atoms with E-state index in [-0.39, 0.29) is 18.5 Å². The minimum Gasteiger partial charge on any atom is -0.481 e. The van der Waals surface area contributed by atoms with E-state index in [1.807, 2.05) is 0 Å². The zero-order valence-corrected chi connectivity index (χ0v) is 8.61. The Balaban J connectivity index is 2.11. The number of hydrogen-bond donors (Lipinski definition) is 3. The van der Waals surface area contributed by atoms with Gasteiger partial charge in [-0.05, 0) is 12.8 Å². The van der Waals surface area contributed by atoms with Crippen molar-refractivity contribution >= 4 is 12.0 Å². The molecule has 6 nitrogen and oxygen atoms in total. The molecule has 1 rings (SSSR count). The number of aliphatic carboxylic acids is 1. The van der Waals surface area contributed by atoms with Crippen LogP contribution in [0, 0.1) is 0 Å². The van der Waals surface area contributed by atoms with Crippen LogP contribution in [0.4, 0.5) is 4.79 Å². The lowest BCUT2D eigenvalue weighted by molar-refractivity contribution is -0.137. The zero-order valence-electron chi connectivity index (χ0n) is 8.61. The molecule has 0 unspecified atom stereocenters. The number of carbonyl (C=O) groups is 2. The smallest absolute Gasteiger partial charge is 0.317 e. The predicted octanol–water partition coefficient (Wildman–Crippen LogP) is -0.406. The van der Waals surface area contributed by atoms with Crippen LogP contribution < -0.4 is 11.1 Å². The number of carboxylic acid groups (broad SMARTS) is 1. The van der Waals surface area contributed by atoms with Crippen LogP contribution in [0.2, 0.25) is 0 Å². The van der Waals surface area contributed by atoms with Gasteiger partial charge in [0.2, 0.25) is 0 Å². The molecule has 1 heterocycles. The molecule has 15 heavy (non-hydrogen) atoms. The van der Waals surface area contributed by atoms with Gasteiger partial charge < -0.3 is 21.1 Å². The molecule has 1 fully saturated rings. The van der Waals surface area contributed by atoms with Gasteiger partial charge in [-0.25, -0.2) is 4.79 Å². The van der Waals surface area contributed by atoms with Gasteiger partial charge in [0.1, 0.15) is 0 Å². The van der Waals surface area contributed by atoms with E-state index >= 15 is 0 Å². The number of carbonyl (C=O) groups excluding carboxylic acids is 1. The number of nitrogens with zero attached hydrogens (tertiary/aromatic N) is 1. The van der Waals surface area contributed by atoms with Crippen LogP contribution in [0.3, 0.4) is 0 Å². The van der Waals surface area contributed by atoms with Crippen molar-refractivity contribution < 1.29 is 14.7 Å². The van der Waals surface area contributed by atoms with Gasteiger partial charge in [-0.1, -0.05) is 0 Å². The summed E-state index contributed by atoms with van der Waals surface area (Å²) >= 11 is 0. The van der Waals surface area contributed by atoms with Crippen LogP contribution in [-0.4, -0.2) is 47.7 Å². The van der Waals surface area contributed by atoms with Crippen molar-refractivity contribution in [1.29, 1.82) is 0 Å². The van der Waals surface area contributed by atoms with Crippen LogP contribution in [0.5, 0.6) is 0 Å². The topological polar surface area (TPSA) is 95.7 Å². The molecular weight excluding hydrogens is 198 g/mol. The first-order chi connectivity index (χ1) is 7.09. The number of rotatable bonds is 4. The number of hydrogen-bond acceptors (Lipinski definition) is 3. The molecule has 0 radical (unpaired) electrons. The fourth-order valence-corrected chi connectivity index (χ4v) is 1.52. The lowest BCUT2D eigenvalue weighted by atomic mass is 10.3. The average molecular weight is 215 g/mol. The van der Waals surface area contributed by atoms with E-state index in [4.69, 9.17) is 10.8 Å². The standard InChI is InChI=1S/C9H17N3O3/c10-7-3-5-12(6-7)9(15)11-4-1-2-8(13)14/h7H,1-6,10H2,(H,11,15)(H,13,14)/t7-/m0/s1. The van der Waals surface area contributed by atoms with Crippen LogP contribution in [-0.2, 0) is 4.79 Å². The van der Waals surface area contributed by atoms with Gasteiger partial charge in [0.05, 0.1) is 0 Å². The molecule has 4 N–H and O–H groups in total. The Morgan fingerprint density at radius 2 is 2.27 bits per heavy atom. The first-order valence-electron chi connectivity index (χ1n) is 5.09. The summed E-state index contributed by atoms with van der Waals surface area (Å²) in [5.41, 5.74) is 5.66. The highest BCUT2D eigenvalue weighted by Gasteiger charge is 2.22. The van der Waals surface area contributed by atoms with E-state index in [0.717, 1.165) is 6.42 Å². The van der Waals surface area contributed by atoms with Gasteiger partial charge in [0.15, 0.2) is 0 Å². The lowest BCUT2D eigenvalue weighted by Gasteiger charge is -2.16. The summed E-state index contributed by atoms with van der Waals surface area (Å²) in [4.78, 5) is 23.3. The highest BCUT2D eigenvalue weighted by atomic mass is 16.4. The Labute approximate surface area is 88.4 Å². The van der Waals surface area contributed by atoms with E-state index in [9.17, 15) is 9.59 Å². The van der Waals surface area contributed by atoms with E-state index in [0.29, 0.717) is 26.1 Å². The quantitative estimate of drug-likeness (QED) is 0.556. The molecule has 1 aliphatic rings. The highest BCUT2D eigenvalue weighted by Crippen LogP contribution is 2.06. The summed E-state index contributed by atoms with van der Waals surface area (Å²) in [5.74, 6) is -0.840. The SMILES string of the molecule is N[C@H]1CCN(C(=O)NCCCC(=O)O)C1. The van der Waals surface area contributed by atoms with E-state index in [1.54, 1.807) is 4.90 Å². The molecule has 6 heteroatoms. The fraction of sp³-hybridized carbons (Fsp3) is 0.778. The van der Waals surface area contributed by atoms with Crippen molar-refractivity contribution in [3.63, 3.8) is 0 Å². The number of amides is 2. The van der Waals surface area contributed by atoms with Gasteiger partial charge >= 0.3 is 12.0 Å². The number of likely N-dealkylation sites (tertiary alicyclic amines) is 1. The maximum absolute atomic E-state index is 11.4. The largest absolute Gasteiger partial charge is 0.481 e. The van der Waals surface area contributed by atoms with Gasteiger partial charge in [-0.15, -0.1) is 0 Å². The van der Waals surface area contributed by atoms with Crippen LogP contribution >= 0.6 is 0 Å². The van der Waals surface area contributed by atoms with Crippen LogP contribution in [0.15, 0.2) is 0 Å². The summed E-state index contributed by atoms with van der Waals surface area (Å²) in [6, 6.07) is -0.0666. The molecule has 1 aliphatic heterocycles. The molecule has 0 aliphatic carbocycles. The van der Waals surface area contributed by atoms with Gasteiger partial charge in [0, 0.05) is 32.1 Å². The summed E-state index contributed by atoms with van der Waals surface area (Å²) < 4.78 is 0. The number of nitrogens with two attached hydrogens (primary N) is 1. The summed E-state index contributed by atoms with van der Waals surface area (Å²) in [7, 11) is 0. The fourth-order valence-electron chi connectivity index (χ4n) is 1.52. The normalized spacial score (nSPS) is 20.3. The predicted molar refractivity (Wildman–Crippen MR) is 54.4 cm³/mol. The summed E-state index contributed by atoms with van der Waals surface area (Å²) in [6.07, 6.45) is 1.38. The minimum atomic E-state index is -0.840. The van der Waals surface area contributed by atoms with Gasteiger partial charge in [-0.3, -0.25) is 4.79 Å². The molecule has 1 saturated heterocycles. The maximum atomic E-state index is 11.4. The Kier molecular flexibility index (Phi) is 4.36. The van der Waals surface area contributed by atoms with Crippen molar-refractivity contribution in [2.24, 2.45) is 5.73 Å². The second kappa shape index (κ2) is 5.55. The first kappa shape index (κ1) is 11.8. The van der Waals surface area contributed by atoms with E-state index in [1.165, 1.54) is 0 Å². The molecule has 0 aromatic carbocycles. The second-order valence-electron chi connectivity index (χ2n) is 3.72. The molecule has 0 aromatic rings. The molecular formula is C9H17N3O3. The summed E-state index contributed by atoms with van der Waals surface area (Å²) in [6.45, 7) is 1.67. The Hall–Kier alpha value is -1.30. The zero-order chi connectivity index (χ0) is 11.3. The molecule has 86 valence electrons. The molecule has 0 bridgehead atoms. The average Bonchev–Trinajstić information content (AvgIpc) is 2.59. The Morgan fingerprint density at radius 1 is 1.53 bits per heavy atom. The molecule has 0 spiro atoms. The van der Waals surface area contributed by atoms with E-state index in [2.05, 4.69) is 5.32 Å². The van der Waals surface area contributed by atoms with Crippen molar-refractivity contribution in [2.45, 2.75) is 25.3 Å². The number of nitrogens with one attached hydrogen (secondary N) is 1. The second-order valence-corrected chi connectivity index (χ2v) is 3.72. The first-order valence-corrected chi connectivity index (χ1v) is 5.09. The van der Waals surface area contributed by atoms with Crippen LogP contribution in [0.25, 0.3) is 0 Å². The molecule has 2 amide bonds.